The zero-order valence-electron chi connectivity index (χ0n) is 13.5. The molecule has 2 aromatic rings. The number of carbonyl (C=O) groups excluding carboxylic acids is 1. The summed E-state index contributed by atoms with van der Waals surface area (Å²) in [5, 5.41) is 3.75. The first-order valence-corrected chi connectivity index (χ1v) is 9.02. The van der Waals surface area contributed by atoms with Gasteiger partial charge in [-0.1, -0.05) is 61.2 Å². The van der Waals surface area contributed by atoms with Crippen LogP contribution in [-0.4, -0.2) is 5.91 Å². The third-order valence-corrected chi connectivity index (χ3v) is 5.36. The molecule has 1 amide bonds. The van der Waals surface area contributed by atoms with E-state index < -0.39 is 0 Å². The molecule has 122 valence electrons. The second kappa shape index (κ2) is 6.45. The van der Waals surface area contributed by atoms with E-state index in [4.69, 9.17) is 11.6 Å². The fraction of sp³-hybridized carbons (Fsp3) is 0.286. The number of nitrogens with one attached hydrogen (secondary N) is 1. The molecule has 1 fully saturated rings. The number of amides is 1. The first kappa shape index (κ1) is 15.5. The maximum absolute atomic E-state index is 12.8. The smallest absolute Gasteiger partial charge is 0.256 e. The fourth-order valence-corrected chi connectivity index (χ4v) is 4.12. The van der Waals surface area contributed by atoms with Crippen molar-refractivity contribution in [3.05, 3.63) is 64.7 Å². The molecule has 3 heteroatoms. The summed E-state index contributed by atoms with van der Waals surface area (Å²) in [6.45, 7) is 0. The van der Waals surface area contributed by atoms with Gasteiger partial charge in [0, 0.05) is 16.3 Å². The molecule has 2 aliphatic rings. The maximum Gasteiger partial charge on any atom is 0.256 e. The van der Waals surface area contributed by atoms with Crippen LogP contribution in [0.5, 0.6) is 0 Å². The van der Waals surface area contributed by atoms with Crippen LogP contribution in [0.2, 0.25) is 5.02 Å². The van der Waals surface area contributed by atoms with Gasteiger partial charge in [0.25, 0.3) is 5.91 Å². The van der Waals surface area contributed by atoms with Gasteiger partial charge >= 0.3 is 0 Å². The van der Waals surface area contributed by atoms with Gasteiger partial charge in [0.05, 0.1) is 5.57 Å². The van der Waals surface area contributed by atoms with Crippen LogP contribution in [-0.2, 0) is 4.79 Å². The number of carbonyl (C=O) groups is 1. The molecule has 2 aromatic carbocycles. The molecule has 0 atom stereocenters. The average Bonchev–Trinajstić information content (AvgIpc) is 2.94. The van der Waals surface area contributed by atoms with Crippen molar-refractivity contribution in [1.29, 1.82) is 0 Å². The van der Waals surface area contributed by atoms with Crippen LogP contribution in [0.25, 0.3) is 11.1 Å². The summed E-state index contributed by atoms with van der Waals surface area (Å²) < 4.78 is 0. The van der Waals surface area contributed by atoms with E-state index in [0.717, 1.165) is 40.3 Å². The van der Waals surface area contributed by atoms with Crippen molar-refractivity contribution in [1.82, 2.24) is 0 Å². The van der Waals surface area contributed by atoms with Crippen LogP contribution in [0.15, 0.2) is 48.5 Å². The largest absolute Gasteiger partial charge is 0.321 e. The molecule has 1 heterocycles. The molecule has 1 saturated carbocycles. The Morgan fingerprint density at radius 3 is 2.42 bits per heavy atom. The van der Waals surface area contributed by atoms with Crippen molar-refractivity contribution in [2.75, 3.05) is 5.32 Å². The highest BCUT2D eigenvalue weighted by molar-refractivity contribution is 6.37. The predicted octanol–water partition coefficient (Wildman–Crippen LogP) is 5.78. The van der Waals surface area contributed by atoms with Crippen molar-refractivity contribution in [2.45, 2.75) is 32.1 Å². The van der Waals surface area contributed by atoms with Crippen LogP contribution >= 0.6 is 11.6 Å². The second-order valence-electron chi connectivity index (χ2n) is 6.63. The lowest BCUT2D eigenvalue weighted by Crippen LogP contribution is -2.14. The molecular formula is C21H20ClNO. The molecule has 2 nitrogen and oxygen atoms in total. The van der Waals surface area contributed by atoms with Gasteiger partial charge in [0.15, 0.2) is 0 Å². The summed E-state index contributed by atoms with van der Waals surface area (Å²) in [6.07, 6.45) is 6.06. The topological polar surface area (TPSA) is 29.1 Å². The van der Waals surface area contributed by atoms with Gasteiger partial charge < -0.3 is 5.32 Å². The van der Waals surface area contributed by atoms with E-state index in [1.807, 2.05) is 48.5 Å². The van der Waals surface area contributed by atoms with E-state index in [-0.39, 0.29) is 5.91 Å². The predicted molar refractivity (Wildman–Crippen MR) is 99.9 cm³/mol. The van der Waals surface area contributed by atoms with Gasteiger partial charge in [-0.2, -0.15) is 0 Å². The molecule has 0 aromatic heterocycles. The molecule has 1 aliphatic heterocycles. The summed E-state index contributed by atoms with van der Waals surface area (Å²) in [6, 6.07) is 15.9. The van der Waals surface area contributed by atoms with Gasteiger partial charge in [0.1, 0.15) is 0 Å². The Kier molecular flexibility index (Phi) is 4.15. The van der Waals surface area contributed by atoms with Crippen LogP contribution in [0, 0.1) is 5.92 Å². The summed E-state index contributed by atoms with van der Waals surface area (Å²) in [7, 11) is 0. The van der Waals surface area contributed by atoms with Gasteiger partial charge in [-0.25, -0.2) is 0 Å². The zero-order chi connectivity index (χ0) is 16.5. The van der Waals surface area contributed by atoms with Gasteiger partial charge in [-0.15, -0.1) is 0 Å². The lowest BCUT2D eigenvalue weighted by molar-refractivity contribution is -0.110. The van der Waals surface area contributed by atoms with E-state index in [9.17, 15) is 4.79 Å². The lowest BCUT2D eigenvalue weighted by Gasteiger charge is -2.26. The number of halogens is 1. The molecule has 1 aliphatic carbocycles. The van der Waals surface area contributed by atoms with Gasteiger partial charge in [-0.05, 0) is 48.1 Å². The Bertz CT molecular complexity index is 801. The third kappa shape index (κ3) is 2.76. The molecule has 1 N–H and O–H groups in total. The van der Waals surface area contributed by atoms with Crippen molar-refractivity contribution >= 4 is 34.3 Å². The van der Waals surface area contributed by atoms with Crippen molar-refractivity contribution in [3.63, 3.8) is 0 Å². The number of fused-ring (bicyclic) bond motifs is 1. The molecule has 0 unspecified atom stereocenters. The first-order valence-electron chi connectivity index (χ1n) is 8.65. The van der Waals surface area contributed by atoms with E-state index >= 15 is 0 Å². The van der Waals surface area contributed by atoms with Gasteiger partial charge in [-0.3, -0.25) is 4.79 Å². The summed E-state index contributed by atoms with van der Waals surface area (Å²) in [4.78, 5) is 12.8. The highest BCUT2D eigenvalue weighted by atomic mass is 35.5. The Balaban J connectivity index is 1.91. The minimum Gasteiger partial charge on any atom is -0.321 e. The number of para-hydroxylation sites is 1. The van der Waals surface area contributed by atoms with E-state index in [1.165, 1.54) is 24.8 Å². The van der Waals surface area contributed by atoms with Crippen LogP contribution in [0.4, 0.5) is 5.69 Å². The molecule has 0 saturated heterocycles. The minimum absolute atomic E-state index is 0.0201. The summed E-state index contributed by atoms with van der Waals surface area (Å²) in [5.41, 5.74) is 5.10. The molecular weight excluding hydrogens is 318 g/mol. The van der Waals surface area contributed by atoms with Crippen molar-refractivity contribution < 1.29 is 4.79 Å². The number of benzene rings is 2. The number of hydrogen-bond acceptors (Lipinski definition) is 1. The van der Waals surface area contributed by atoms with Crippen LogP contribution in [0.1, 0.15) is 43.2 Å². The highest BCUT2D eigenvalue weighted by Crippen LogP contribution is 2.44. The minimum atomic E-state index is 0.0201. The Hall–Kier alpha value is -2.06. The Morgan fingerprint density at radius 1 is 0.958 bits per heavy atom. The quantitative estimate of drug-likeness (QED) is 0.691. The molecule has 4 rings (SSSR count). The van der Waals surface area contributed by atoms with Crippen LogP contribution in [0.3, 0.4) is 0 Å². The van der Waals surface area contributed by atoms with Crippen molar-refractivity contribution in [3.8, 4) is 0 Å². The number of anilines is 1. The van der Waals surface area contributed by atoms with E-state index in [2.05, 4.69) is 5.32 Å². The average molecular weight is 338 g/mol. The first-order chi connectivity index (χ1) is 11.7. The standard InChI is InChI=1S/C21H20ClNO/c22-16-12-10-15(11-13-16)19(14-6-2-1-3-7-14)20-17-8-4-5-9-18(17)23-21(20)24/h4-5,8-14H,1-3,6-7H2,(H,23,24)/b20-19+. The molecule has 24 heavy (non-hydrogen) atoms. The Labute approximate surface area is 147 Å². The zero-order valence-corrected chi connectivity index (χ0v) is 14.3. The summed E-state index contributed by atoms with van der Waals surface area (Å²) >= 11 is 6.08. The monoisotopic (exact) mass is 337 g/mol. The normalized spacial score (nSPS) is 19.8. The van der Waals surface area contributed by atoms with Crippen LogP contribution < -0.4 is 5.32 Å². The molecule has 0 spiro atoms. The third-order valence-electron chi connectivity index (χ3n) is 5.11. The van der Waals surface area contributed by atoms with E-state index in [0.29, 0.717) is 5.92 Å². The van der Waals surface area contributed by atoms with Crippen molar-refractivity contribution in [2.24, 2.45) is 5.92 Å². The molecule has 0 radical (unpaired) electrons. The SMILES string of the molecule is O=C1Nc2ccccc2/C1=C(\c1ccc(Cl)cc1)C1CCCCC1. The maximum atomic E-state index is 12.8. The number of hydrogen-bond donors (Lipinski definition) is 1. The highest BCUT2D eigenvalue weighted by Gasteiger charge is 2.31. The number of allylic oxidation sites excluding steroid dienone is 1. The molecule has 0 bridgehead atoms. The summed E-state index contributed by atoms with van der Waals surface area (Å²) in [5.74, 6) is 0.457. The fourth-order valence-electron chi connectivity index (χ4n) is 3.99. The number of rotatable bonds is 2. The van der Waals surface area contributed by atoms with Gasteiger partial charge in [0.2, 0.25) is 0 Å². The lowest BCUT2D eigenvalue weighted by atomic mass is 9.78. The van der Waals surface area contributed by atoms with E-state index in [1.54, 1.807) is 0 Å². The second-order valence-corrected chi connectivity index (χ2v) is 7.07. The Morgan fingerprint density at radius 2 is 1.67 bits per heavy atom.